The Morgan fingerprint density at radius 2 is 2.10 bits per heavy atom. The van der Waals surface area contributed by atoms with Gasteiger partial charge in [0, 0.05) is 56.7 Å². The van der Waals surface area contributed by atoms with Crippen molar-refractivity contribution >= 4 is 17.5 Å². The lowest BCUT2D eigenvalue weighted by Gasteiger charge is -2.45. The molecule has 1 aliphatic rings. The average Bonchev–Trinajstić information content (AvgIpc) is 2.72. The standard InChI is InChI=1S/C23H33N5O2/c1-6-20-16(3)22(27-23-25-10-9-15(2)26-23)19-13-18(14-24-11-12-30-5)7-8-21(19)28(20)17(4)29/h7-10,13,16,20,22,24H,6,11-12,14H2,1-5H3,(H,25,26,27). The predicted molar refractivity (Wildman–Crippen MR) is 120 cm³/mol. The van der Waals surface area contributed by atoms with Crippen LogP contribution in [0.3, 0.4) is 0 Å². The Kier molecular flexibility index (Phi) is 7.39. The first-order chi connectivity index (χ1) is 14.5. The number of methoxy groups -OCH3 is 1. The number of rotatable bonds is 8. The van der Waals surface area contributed by atoms with E-state index in [9.17, 15) is 4.79 Å². The molecule has 3 rings (SSSR count). The van der Waals surface area contributed by atoms with Crippen LogP contribution in [0.1, 0.15) is 50.1 Å². The number of aromatic nitrogens is 2. The van der Waals surface area contributed by atoms with Gasteiger partial charge in [-0.25, -0.2) is 9.97 Å². The summed E-state index contributed by atoms with van der Waals surface area (Å²) < 4.78 is 5.11. The minimum atomic E-state index is 0.0151. The number of amides is 1. The van der Waals surface area contributed by atoms with Crippen LogP contribution in [0.4, 0.5) is 11.6 Å². The molecule has 2 aromatic rings. The van der Waals surface area contributed by atoms with Gasteiger partial charge in [-0.1, -0.05) is 26.0 Å². The van der Waals surface area contributed by atoms with E-state index in [2.05, 4.69) is 52.6 Å². The van der Waals surface area contributed by atoms with E-state index < -0.39 is 0 Å². The second-order valence-corrected chi connectivity index (χ2v) is 7.93. The van der Waals surface area contributed by atoms with Gasteiger partial charge < -0.3 is 20.3 Å². The van der Waals surface area contributed by atoms with Gasteiger partial charge >= 0.3 is 0 Å². The third kappa shape index (κ3) is 4.79. The molecule has 1 aromatic heterocycles. The Morgan fingerprint density at radius 3 is 2.77 bits per heavy atom. The summed E-state index contributed by atoms with van der Waals surface area (Å²) in [6.45, 7) is 10.2. The first-order valence-corrected chi connectivity index (χ1v) is 10.6. The lowest BCUT2D eigenvalue weighted by molar-refractivity contribution is -0.117. The fourth-order valence-electron chi connectivity index (χ4n) is 4.33. The number of anilines is 2. The van der Waals surface area contributed by atoms with Gasteiger partial charge in [-0.2, -0.15) is 0 Å². The van der Waals surface area contributed by atoms with Crippen LogP contribution in [0.2, 0.25) is 0 Å². The molecule has 1 amide bonds. The van der Waals surface area contributed by atoms with Crippen molar-refractivity contribution in [2.75, 3.05) is 30.5 Å². The van der Waals surface area contributed by atoms with Crippen LogP contribution in [0.25, 0.3) is 0 Å². The van der Waals surface area contributed by atoms with Crippen LogP contribution in [0.15, 0.2) is 30.5 Å². The molecule has 162 valence electrons. The van der Waals surface area contributed by atoms with Crippen molar-refractivity contribution in [3.8, 4) is 0 Å². The second kappa shape index (κ2) is 10.00. The third-order valence-electron chi connectivity index (χ3n) is 5.80. The highest BCUT2D eigenvalue weighted by atomic mass is 16.5. The minimum absolute atomic E-state index is 0.0151. The first-order valence-electron chi connectivity index (χ1n) is 10.6. The Bertz CT molecular complexity index is 872. The molecule has 3 atom stereocenters. The van der Waals surface area contributed by atoms with Crippen LogP contribution >= 0.6 is 0 Å². The maximum absolute atomic E-state index is 12.6. The molecule has 1 aliphatic heterocycles. The van der Waals surface area contributed by atoms with E-state index in [-0.39, 0.29) is 23.9 Å². The predicted octanol–water partition coefficient (Wildman–Crippen LogP) is 3.46. The molecule has 0 spiro atoms. The van der Waals surface area contributed by atoms with Gasteiger partial charge in [-0.3, -0.25) is 4.79 Å². The normalized spacial score (nSPS) is 20.7. The average molecular weight is 412 g/mol. The van der Waals surface area contributed by atoms with Gasteiger partial charge in [0.25, 0.3) is 0 Å². The molecule has 0 fully saturated rings. The van der Waals surface area contributed by atoms with E-state index in [0.717, 1.165) is 36.5 Å². The summed E-state index contributed by atoms with van der Waals surface area (Å²) in [5, 5.41) is 6.95. The number of ether oxygens (including phenoxy) is 1. The number of aryl methyl sites for hydroxylation is 1. The lowest BCUT2D eigenvalue weighted by Crippen LogP contribution is -2.49. The highest BCUT2D eigenvalue weighted by molar-refractivity contribution is 5.94. The number of fused-ring (bicyclic) bond motifs is 1. The molecule has 30 heavy (non-hydrogen) atoms. The quantitative estimate of drug-likeness (QED) is 0.648. The van der Waals surface area contributed by atoms with Gasteiger partial charge in [-0.05, 0) is 36.6 Å². The van der Waals surface area contributed by atoms with Gasteiger partial charge in [-0.15, -0.1) is 0 Å². The second-order valence-electron chi connectivity index (χ2n) is 7.93. The Labute approximate surface area is 179 Å². The molecule has 2 heterocycles. The Hall–Kier alpha value is -2.51. The zero-order valence-corrected chi connectivity index (χ0v) is 18.6. The van der Waals surface area contributed by atoms with Crippen molar-refractivity contribution in [1.82, 2.24) is 15.3 Å². The van der Waals surface area contributed by atoms with Crippen LogP contribution in [0.5, 0.6) is 0 Å². The Balaban J connectivity index is 1.98. The molecule has 2 N–H and O–H groups in total. The van der Waals surface area contributed by atoms with Gasteiger partial charge in [0.15, 0.2) is 0 Å². The SMILES string of the molecule is CCC1C(C)C(Nc2nccc(C)n2)c2cc(CNCCOC)ccc2N1C(C)=O. The number of carbonyl (C=O) groups excluding carboxylic acids is 1. The fraction of sp³-hybridized carbons (Fsp3) is 0.522. The summed E-state index contributed by atoms with van der Waals surface area (Å²) in [5.74, 6) is 0.894. The van der Waals surface area contributed by atoms with Crippen molar-refractivity contribution in [2.24, 2.45) is 5.92 Å². The Morgan fingerprint density at radius 1 is 1.30 bits per heavy atom. The molecule has 0 saturated heterocycles. The molecule has 0 bridgehead atoms. The number of hydrogen-bond acceptors (Lipinski definition) is 6. The monoisotopic (exact) mass is 411 g/mol. The highest BCUT2D eigenvalue weighted by Crippen LogP contribution is 2.43. The molecular weight excluding hydrogens is 378 g/mol. The smallest absolute Gasteiger partial charge is 0.224 e. The molecule has 7 nitrogen and oxygen atoms in total. The number of nitrogens with zero attached hydrogens (tertiary/aromatic N) is 3. The summed E-state index contributed by atoms with van der Waals surface area (Å²) >= 11 is 0. The number of hydrogen-bond donors (Lipinski definition) is 2. The van der Waals surface area contributed by atoms with E-state index in [1.165, 1.54) is 5.56 Å². The minimum Gasteiger partial charge on any atom is -0.383 e. The van der Waals surface area contributed by atoms with Crippen molar-refractivity contribution in [3.63, 3.8) is 0 Å². The fourth-order valence-corrected chi connectivity index (χ4v) is 4.33. The number of carbonyl (C=O) groups is 1. The van der Waals surface area contributed by atoms with Gasteiger partial charge in [0.1, 0.15) is 0 Å². The topological polar surface area (TPSA) is 79.4 Å². The molecule has 3 unspecified atom stereocenters. The molecule has 0 saturated carbocycles. The first kappa shape index (κ1) is 22.2. The largest absolute Gasteiger partial charge is 0.383 e. The highest BCUT2D eigenvalue weighted by Gasteiger charge is 2.40. The van der Waals surface area contributed by atoms with E-state index >= 15 is 0 Å². The summed E-state index contributed by atoms with van der Waals surface area (Å²) in [6.07, 6.45) is 2.65. The zero-order valence-electron chi connectivity index (χ0n) is 18.6. The maximum Gasteiger partial charge on any atom is 0.224 e. The van der Waals surface area contributed by atoms with Crippen LogP contribution in [-0.4, -0.2) is 42.2 Å². The van der Waals surface area contributed by atoms with Gasteiger partial charge in [0.2, 0.25) is 11.9 Å². The van der Waals surface area contributed by atoms with E-state index in [1.54, 1.807) is 20.2 Å². The van der Waals surface area contributed by atoms with E-state index in [4.69, 9.17) is 4.74 Å². The van der Waals surface area contributed by atoms with Crippen LogP contribution < -0.4 is 15.5 Å². The summed E-state index contributed by atoms with van der Waals surface area (Å²) in [6, 6.07) is 8.38. The molecular formula is C23H33N5O2. The van der Waals surface area contributed by atoms with Crippen molar-refractivity contribution in [3.05, 3.63) is 47.3 Å². The molecule has 1 aromatic carbocycles. The summed E-state index contributed by atoms with van der Waals surface area (Å²) in [5.41, 5.74) is 4.17. The molecule has 7 heteroatoms. The maximum atomic E-state index is 12.6. The molecule has 0 aliphatic carbocycles. The molecule has 0 radical (unpaired) electrons. The van der Waals surface area contributed by atoms with E-state index in [0.29, 0.717) is 12.6 Å². The van der Waals surface area contributed by atoms with Crippen molar-refractivity contribution < 1.29 is 9.53 Å². The lowest BCUT2D eigenvalue weighted by atomic mass is 9.80. The third-order valence-corrected chi connectivity index (χ3v) is 5.80. The number of nitrogens with one attached hydrogen (secondary N) is 2. The number of benzene rings is 1. The zero-order chi connectivity index (χ0) is 21.7. The van der Waals surface area contributed by atoms with Crippen LogP contribution in [0, 0.1) is 12.8 Å². The van der Waals surface area contributed by atoms with Crippen LogP contribution in [-0.2, 0) is 16.1 Å². The summed E-state index contributed by atoms with van der Waals surface area (Å²) in [4.78, 5) is 23.5. The van der Waals surface area contributed by atoms with Crippen molar-refractivity contribution in [2.45, 2.75) is 52.7 Å². The van der Waals surface area contributed by atoms with Gasteiger partial charge in [0.05, 0.1) is 12.6 Å². The summed E-state index contributed by atoms with van der Waals surface area (Å²) in [7, 11) is 1.70. The van der Waals surface area contributed by atoms with Crippen molar-refractivity contribution in [1.29, 1.82) is 0 Å². The van der Waals surface area contributed by atoms with E-state index in [1.807, 2.05) is 17.9 Å².